The fraction of sp³-hybridized carbons (Fsp3) is 0.500. The summed E-state index contributed by atoms with van der Waals surface area (Å²) in [6, 6.07) is 8.31. The maximum Gasteiger partial charge on any atom is 0.247 e. The minimum absolute atomic E-state index is 0.187. The van der Waals surface area contributed by atoms with Gasteiger partial charge in [-0.05, 0) is 45.2 Å². The number of aryl methyl sites for hydroxylation is 2. The third kappa shape index (κ3) is 3.78. The Hall–Kier alpha value is -2.17. The second-order valence-electron chi connectivity index (χ2n) is 6.30. The van der Waals surface area contributed by atoms with Crippen molar-refractivity contribution in [2.45, 2.75) is 52.0 Å². The van der Waals surface area contributed by atoms with E-state index in [1.807, 2.05) is 36.1 Å². The summed E-state index contributed by atoms with van der Waals surface area (Å²) in [6.07, 6.45) is 4.35. The second-order valence-corrected chi connectivity index (χ2v) is 6.30. The highest BCUT2D eigenvalue weighted by Gasteiger charge is 2.23. The molecule has 1 atom stereocenters. The molecule has 0 bridgehead atoms. The molecule has 0 spiro atoms. The van der Waals surface area contributed by atoms with Crippen LogP contribution in [0.15, 0.2) is 28.7 Å². The Bertz CT molecular complexity index is 663. The number of hydrogen-bond donors (Lipinski definition) is 0. The molecule has 122 valence electrons. The summed E-state index contributed by atoms with van der Waals surface area (Å²) < 4.78 is 5.68. The van der Waals surface area contributed by atoms with Crippen LogP contribution in [0, 0.1) is 6.92 Å². The molecule has 5 nitrogen and oxygen atoms in total. The largest absolute Gasteiger partial charge is 0.421 e. The SMILES string of the molecule is Cc1ccc(-c2nnc(CCC(=O)N3CCCCC3C)o2)cc1. The molecule has 1 aliphatic rings. The van der Waals surface area contributed by atoms with Crippen molar-refractivity contribution in [2.75, 3.05) is 6.54 Å². The van der Waals surface area contributed by atoms with Crippen LogP contribution in [-0.4, -0.2) is 33.6 Å². The van der Waals surface area contributed by atoms with Gasteiger partial charge in [-0.1, -0.05) is 17.7 Å². The van der Waals surface area contributed by atoms with Crippen molar-refractivity contribution in [1.82, 2.24) is 15.1 Å². The van der Waals surface area contributed by atoms with E-state index >= 15 is 0 Å². The predicted octanol–water partition coefficient (Wildman–Crippen LogP) is 3.38. The summed E-state index contributed by atoms with van der Waals surface area (Å²) in [6.45, 7) is 5.04. The lowest BCUT2D eigenvalue weighted by Crippen LogP contribution is -2.42. The van der Waals surface area contributed by atoms with Crippen molar-refractivity contribution in [2.24, 2.45) is 0 Å². The molecule has 1 aliphatic heterocycles. The Morgan fingerprint density at radius 2 is 2.04 bits per heavy atom. The summed E-state index contributed by atoms with van der Waals surface area (Å²) in [4.78, 5) is 14.3. The van der Waals surface area contributed by atoms with E-state index in [0.29, 0.717) is 30.7 Å². The molecule has 3 rings (SSSR count). The second kappa shape index (κ2) is 6.94. The normalized spacial score (nSPS) is 18.2. The zero-order valence-electron chi connectivity index (χ0n) is 13.8. The van der Waals surface area contributed by atoms with E-state index in [0.717, 1.165) is 24.9 Å². The van der Waals surface area contributed by atoms with Crippen LogP contribution in [0.25, 0.3) is 11.5 Å². The fourth-order valence-electron chi connectivity index (χ4n) is 2.99. The van der Waals surface area contributed by atoms with E-state index in [1.54, 1.807) is 0 Å². The highest BCUT2D eigenvalue weighted by Crippen LogP contribution is 2.20. The number of amides is 1. The van der Waals surface area contributed by atoms with Crippen molar-refractivity contribution < 1.29 is 9.21 Å². The zero-order chi connectivity index (χ0) is 16.2. The van der Waals surface area contributed by atoms with E-state index in [9.17, 15) is 4.79 Å². The number of nitrogens with zero attached hydrogens (tertiary/aromatic N) is 3. The van der Waals surface area contributed by atoms with Crippen LogP contribution in [0.1, 0.15) is 44.1 Å². The van der Waals surface area contributed by atoms with Crippen molar-refractivity contribution >= 4 is 5.91 Å². The van der Waals surface area contributed by atoms with E-state index < -0.39 is 0 Å². The highest BCUT2D eigenvalue weighted by atomic mass is 16.4. The Kier molecular flexibility index (Phi) is 4.74. The first-order valence-electron chi connectivity index (χ1n) is 8.32. The Morgan fingerprint density at radius 3 is 2.78 bits per heavy atom. The number of carbonyl (C=O) groups is 1. The van der Waals surface area contributed by atoms with Crippen LogP contribution in [0.4, 0.5) is 0 Å². The molecule has 23 heavy (non-hydrogen) atoms. The molecule has 1 saturated heterocycles. The van der Waals surface area contributed by atoms with E-state index in [2.05, 4.69) is 17.1 Å². The summed E-state index contributed by atoms with van der Waals surface area (Å²) >= 11 is 0. The minimum atomic E-state index is 0.187. The standard InChI is InChI=1S/C18H23N3O2/c1-13-6-8-15(9-7-13)18-20-19-16(23-18)10-11-17(22)21-12-4-3-5-14(21)2/h6-9,14H,3-5,10-12H2,1-2H3. The molecule has 0 radical (unpaired) electrons. The number of benzene rings is 1. The van der Waals surface area contributed by atoms with Crippen LogP contribution < -0.4 is 0 Å². The summed E-state index contributed by atoms with van der Waals surface area (Å²) in [5.41, 5.74) is 2.10. The van der Waals surface area contributed by atoms with Crippen molar-refractivity contribution in [3.63, 3.8) is 0 Å². The van der Waals surface area contributed by atoms with Crippen LogP contribution in [0.5, 0.6) is 0 Å². The van der Waals surface area contributed by atoms with E-state index in [1.165, 1.54) is 12.0 Å². The number of aromatic nitrogens is 2. The third-order valence-corrected chi connectivity index (χ3v) is 4.44. The Morgan fingerprint density at radius 1 is 1.26 bits per heavy atom. The van der Waals surface area contributed by atoms with Gasteiger partial charge in [-0.2, -0.15) is 0 Å². The lowest BCUT2D eigenvalue weighted by Gasteiger charge is -2.33. The van der Waals surface area contributed by atoms with Gasteiger partial charge in [0.05, 0.1) is 0 Å². The van der Waals surface area contributed by atoms with Gasteiger partial charge >= 0.3 is 0 Å². The van der Waals surface area contributed by atoms with Gasteiger partial charge in [0.2, 0.25) is 17.7 Å². The Balaban J connectivity index is 1.58. The molecule has 1 aromatic carbocycles. The molecule has 2 aromatic rings. The van der Waals surface area contributed by atoms with Gasteiger partial charge in [0.15, 0.2) is 0 Å². The average Bonchev–Trinajstić information content (AvgIpc) is 3.03. The molecule has 1 fully saturated rings. The quantitative estimate of drug-likeness (QED) is 0.868. The summed E-state index contributed by atoms with van der Waals surface area (Å²) in [7, 11) is 0. The maximum atomic E-state index is 12.3. The minimum Gasteiger partial charge on any atom is -0.421 e. The molecule has 0 saturated carbocycles. The number of carbonyl (C=O) groups excluding carboxylic acids is 1. The Labute approximate surface area is 136 Å². The van der Waals surface area contributed by atoms with Crippen LogP contribution in [-0.2, 0) is 11.2 Å². The molecule has 0 N–H and O–H groups in total. The summed E-state index contributed by atoms with van der Waals surface area (Å²) in [5, 5.41) is 8.14. The van der Waals surface area contributed by atoms with Crippen molar-refractivity contribution in [3.8, 4) is 11.5 Å². The first-order valence-corrected chi connectivity index (χ1v) is 8.32. The summed E-state index contributed by atoms with van der Waals surface area (Å²) in [5.74, 6) is 1.23. The number of rotatable bonds is 4. The molecule has 5 heteroatoms. The van der Waals surface area contributed by atoms with Crippen LogP contribution in [0.2, 0.25) is 0 Å². The van der Waals surface area contributed by atoms with Gasteiger partial charge in [-0.3, -0.25) is 4.79 Å². The number of likely N-dealkylation sites (tertiary alicyclic amines) is 1. The molecule has 1 aromatic heterocycles. The van der Waals surface area contributed by atoms with Gasteiger partial charge in [0, 0.05) is 31.0 Å². The monoisotopic (exact) mass is 313 g/mol. The molecule has 0 aliphatic carbocycles. The molecule has 2 heterocycles. The lowest BCUT2D eigenvalue weighted by molar-refractivity contribution is -0.134. The fourth-order valence-corrected chi connectivity index (χ4v) is 2.99. The number of piperidine rings is 1. The first-order chi connectivity index (χ1) is 11.1. The van der Waals surface area contributed by atoms with Crippen molar-refractivity contribution in [3.05, 3.63) is 35.7 Å². The van der Waals surface area contributed by atoms with Gasteiger partial charge in [0.1, 0.15) is 0 Å². The van der Waals surface area contributed by atoms with Gasteiger partial charge < -0.3 is 9.32 Å². The van der Waals surface area contributed by atoms with Gasteiger partial charge in [0.25, 0.3) is 0 Å². The molecular weight excluding hydrogens is 290 g/mol. The average molecular weight is 313 g/mol. The number of hydrogen-bond acceptors (Lipinski definition) is 4. The molecule has 1 unspecified atom stereocenters. The molecule has 1 amide bonds. The maximum absolute atomic E-state index is 12.3. The first kappa shape index (κ1) is 15.7. The van der Waals surface area contributed by atoms with Gasteiger partial charge in [-0.25, -0.2) is 0 Å². The smallest absolute Gasteiger partial charge is 0.247 e. The predicted molar refractivity (Wildman–Crippen MR) is 87.8 cm³/mol. The van der Waals surface area contributed by atoms with Crippen LogP contribution in [0.3, 0.4) is 0 Å². The van der Waals surface area contributed by atoms with Gasteiger partial charge in [-0.15, -0.1) is 10.2 Å². The topological polar surface area (TPSA) is 59.2 Å². The molecular formula is C18H23N3O2. The van der Waals surface area contributed by atoms with Crippen molar-refractivity contribution in [1.29, 1.82) is 0 Å². The lowest BCUT2D eigenvalue weighted by atomic mass is 10.0. The zero-order valence-corrected chi connectivity index (χ0v) is 13.8. The highest BCUT2D eigenvalue weighted by molar-refractivity contribution is 5.76. The van der Waals surface area contributed by atoms with E-state index in [4.69, 9.17) is 4.42 Å². The third-order valence-electron chi connectivity index (χ3n) is 4.44. The van der Waals surface area contributed by atoms with E-state index in [-0.39, 0.29) is 5.91 Å². The van der Waals surface area contributed by atoms with Crippen LogP contribution >= 0.6 is 0 Å².